The molecular weight excluding hydrogens is 248 g/mol. The SMILES string of the molecule is Cl.NC(=O)C1=CN(c2ccncn2)CCS1. The number of halogens is 1. The minimum absolute atomic E-state index is 0. The van der Waals surface area contributed by atoms with E-state index < -0.39 is 5.91 Å². The number of nitrogens with zero attached hydrogens (tertiary/aromatic N) is 3. The number of primary amides is 1. The number of carbonyl (C=O) groups is 1. The molecule has 0 bridgehead atoms. The minimum atomic E-state index is -0.390. The molecule has 0 atom stereocenters. The lowest BCUT2D eigenvalue weighted by molar-refractivity contribution is -0.113. The smallest absolute Gasteiger partial charge is 0.256 e. The molecular formula is C9H11ClN4OS. The topological polar surface area (TPSA) is 72.1 Å². The molecule has 1 aliphatic rings. The third kappa shape index (κ3) is 2.86. The van der Waals surface area contributed by atoms with Crippen molar-refractivity contribution in [3.05, 3.63) is 29.7 Å². The van der Waals surface area contributed by atoms with Crippen molar-refractivity contribution in [1.82, 2.24) is 9.97 Å². The van der Waals surface area contributed by atoms with E-state index in [2.05, 4.69) is 9.97 Å². The number of amides is 1. The number of anilines is 1. The molecule has 0 radical (unpaired) electrons. The van der Waals surface area contributed by atoms with Gasteiger partial charge >= 0.3 is 0 Å². The van der Waals surface area contributed by atoms with Gasteiger partial charge in [0.1, 0.15) is 12.1 Å². The van der Waals surface area contributed by atoms with Crippen molar-refractivity contribution >= 4 is 35.9 Å². The van der Waals surface area contributed by atoms with Crippen LogP contribution in [-0.4, -0.2) is 28.2 Å². The molecule has 0 saturated heterocycles. The van der Waals surface area contributed by atoms with Gasteiger partial charge in [0.25, 0.3) is 5.91 Å². The number of thioether (sulfide) groups is 1. The van der Waals surface area contributed by atoms with E-state index in [1.807, 2.05) is 4.90 Å². The van der Waals surface area contributed by atoms with E-state index in [-0.39, 0.29) is 12.4 Å². The van der Waals surface area contributed by atoms with Gasteiger partial charge in [0.2, 0.25) is 0 Å². The summed E-state index contributed by atoms with van der Waals surface area (Å²) in [6.07, 6.45) is 4.88. The van der Waals surface area contributed by atoms with E-state index in [0.29, 0.717) is 4.91 Å². The molecule has 1 amide bonds. The van der Waals surface area contributed by atoms with Crippen molar-refractivity contribution in [2.75, 3.05) is 17.2 Å². The van der Waals surface area contributed by atoms with Gasteiger partial charge in [-0.2, -0.15) is 0 Å². The van der Waals surface area contributed by atoms with Gasteiger partial charge in [-0.15, -0.1) is 24.2 Å². The average Bonchev–Trinajstić information content (AvgIpc) is 2.30. The maximum absolute atomic E-state index is 11.0. The molecule has 1 aliphatic heterocycles. The number of carbonyl (C=O) groups excluding carboxylic acids is 1. The second-order valence-electron chi connectivity index (χ2n) is 2.97. The molecule has 2 rings (SSSR count). The van der Waals surface area contributed by atoms with Crippen molar-refractivity contribution in [2.45, 2.75) is 0 Å². The first-order valence-electron chi connectivity index (χ1n) is 4.44. The lowest BCUT2D eigenvalue weighted by Gasteiger charge is -2.23. The van der Waals surface area contributed by atoms with E-state index in [9.17, 15) is 4.79 Å². The van der Waals surface area contributed by atoms with Crippen LogP contribution in [0, 0.1) is 0 Å². The normalized spacial score (nSPS) is 15.0. The van der Waals surface area contributed by atoms with Gasteiger partial charge in [-0.25, -0.2) is 9.97 Å². The standard InChI is InChI=1S/C9H10N4OS.ClH/c10-9(14)7-5-13(3-4-15-7)8-1-2-11-6-12-8;/h1-2,5-6H,3-4H2,(H2,10,14);1H. The molecule has 0 saturated carbocycles. The van der Waals surface area contributed by atoms with Crippen LogP contribution in [0.2, 0.25) is 0 Å². The Kier molecular flexibility index (Phi) is 4.57. The van der Waals surface area contributed by atoms with E-state index in [4.69, 9.17) is 5.73 Å². The predicted molar refractivity (Wildman–Crippen MR) is 66.4 cm³/mol. The monoisotopic (exact) mass is 258 g/mol. The molecule has 1 aromatic rings. The van der Waals surface area contributed by atoms with Crippen LogP contribution >= 0.6 is 24.2 Å². The quantitative estimate of drug-likeness (QED) is 0.849. The zero-order chi connectivity index (χ0) is 10.7. The maximum atomic E-state index is 11.0. The fraction of sp³-hybridized carbons (Fsp3) is 0.222. The third-order valence-corrected chi connectivity index (χ3v) is 2.97. The lowest BCUT2D eigenvalue weighted by Crippen LogP contribution is -2.27. The summed E-state index contributed by atoms with van der Waals surface area (Å²) in [5.74, 6) is 1.22. The van der Waals surface area contributed by atoms with Crippen LogP contribution in [0.15, 0.2) is 29.7 Å². The highest BCUT2D eigenvalue weighted by molar-refractivity contribution is 8.04. The predicted octanol–water partition coefficient (Wildman–Crippen LogP) is 0.778. The van der Waals surface area contributed by atoms with Gasteiger partial charge < -0.3 is 10.6 Å². The zero-order valence-corrected chi connectivity index (χ0v) is 10.0. The average molecular weight is 259 g/mol. The molecule has 0 fully saturated rings. The summed E-state index contributed by atoms with van der Waals surface area (Å²) in [6.45, 7) is 0.818. The van der Waals surface area contributed by atoms with E-state index in [0.717, 1.165) is 18.1 Å². The molecule has 86 valence electrons. The third-order valence-electron chi connectivity index (χ3n) is 1.97. The molecule has 2 heterocycles. The second-order valence-corrected chi connectivity index (χ2v) is 4.10. The van der Waals surface area contributed by atoms with Crippen LogP contribution in [0.5, 0.6) is 0 Å². The Labute approximate surface area is 104 Å². The molecule has 2 N–H and O–H groups in total. The number of hydrogen-bond acceptors (Lipinski definition) is 5. The van der Waals surface area contributed by atoms with Crippen LogP contribution in [0.3, 0.4) is 0 Å². The number of aromatic nitrogens is 2. The Morgan fingerprint density at radius 1 is 1.56 bits per heavy atom. The summed E-state index contributed by atoms with van der Waals surface area (Å²) in [5, 5.41) is 0. The fourth-order valence-electron chi connectivity index (χ4n) is 1.27. The van der Waals surface area contributed by atoms with Crippen LogP contribution in [0.4, 0.5) is 5.82 Å². The Morgan fingerprint density at radius 3 is 3.00 bits per heavy atom. The summed E-state index contributed by atoms with van der Waals surface area (Å²) >= 11 is 1.47. The van der Waals surface area contributed by atoms with Crippen molar-refractivity contribution in [2.24, 2.45) is 5.73 Å². The summed E-state index contributed by atoms with van der Waals surface area (Å²) < 4.78 is 0. The van der Waals surface area contributed by atoms with Crippen LogP contribution < -0.4 is 10.6 Å². The molecule has 0 aliphatic carbocycles. The van der Waals surface area contributed by atoms with E-state index in [1.54, 1.807) is 18.5 Å². The highest BCUT2D eigenvalue weighted by Gasteiger charge is 2.16. The van der Waals surface area contributed by atoms with E-state index in [1.165, 1.54) is 18.1 Å². The highest BCUT2D eigenvalue weighted by Crippen LogP contribution is 2.23. The first-order valence-corrected chi connectivity index (χ1v) is 5.43. The molecule has 7 heteroatoms. The minimum Gasteiger partial charge on any atom is -0.365 e. The lowest BCUT2D eigenvalue weighted by atomic mass is 10.4. The van der Waals surface area contributed by atoms with Gasteiger partial charge in [0.05, 0.1) is 4.91 Å². The van der Waals surface area contributed by atoms with Crippen LogP contribution in [0.1, 0.15) is 0 Å². The Bertz CT molecular complexity index is 398. The zero-order valence-electron chi connectivity index (χ0n) is 8.37. The fourth-order valence-corrected chi connectivity index (χ4v) is 2.12. The van der Waals surface area contributed by atoms with Gasteiger partial charge in [-0.05, 0) is 6.07 Å². The molecule has 5 nitrogen and oxygen atoms in total. The number of rotatable bonds is 2. The van der Waals surface area contributed by atoms with Crippen molar-refractivity contribution in [1.29, 1.82) is 0 Å². The molecule has 0 unspecified atom stereocenters. The Morgan fingerprint density at radius 2 is 2.38 bits per heavy atom. The summed E-state index contributed by atoms with van der Waals surface area (Å²) in [4.78, 5) is 21.4. The Balaban J connectivity index is 0.00000128. The van der Waals surface area contributed by atoms with Crippen molar-refractivity contribution in [3.63, 3.8) is 0 Å². The first-order chi connectivity index (χ1) is 7.27. The summed E-state index contributed by atoms with van der Waals surface area (Å²) in [5.41, 5.74) is 5.22. The van der Waals surface area contributed by atoms with Gasteiger partial charge in [0, 0.05) is 24.7 Å². The Hall–Kier alpha value is -1.27. The van der Waals surface area contributed by atoms with Gasteiger partial charge in [-0.3, -0.25) is 4.79 Å². The maximum Gasteiger partial charge on any atom is 0.256 e. The molecule has 16 heavy (non-hydrogen) atoms. The van der Waals surface area contributed by atoms with Crippen LogP contribution in [-0.2, 0) is 4.79 Å². The van der Waals surface area contributed by atoms with Crippen molar-refractivity contribution in [3.8, 4) is 0 Å². The summed E-state index contributed by atoms with van der Waals surface area (Å²) in [6, 6.07) is 1.80. The largest absolute Gasteiger partial charge is 0.365 e. The molecule has 1 aromatic heterocycles. The summed E-state index contributed by atoms with van der Waals surface area (Å²) in [7, 11) is 0. The second kappa shape index (κ2) is 5.72. The molecule has 0 aromatic carbocycles. The number of hydrogen-bond donors (Lipinski definition) is 1. The van der Waals surface area contributed by atoms with Crippen LogP contribution in [0.25, 0.3) is 0 Å². The highest BCUT2D eigenvalue weighted by atomic mass is 35.5. The number of nitrogens with two attached hydrogens (primary N) is 1. The molecule has 0 spiro atoms. The van der Waals surface area contributed by atoms with Gasteiger partial charge in [0.15, 0.2) is 0 Å². The first kappa shape index (κ1) is 12.8. The van der Waals surface area contributed by atoms with Crippen molar-refractivity contribution < 1.29 is 4.79 Å². The van der Waals surface area contributed by atoms with E-state index >= 15 is 0 Å². The van der Waals surface area contributed by atoms with Gasteiger partial charge in [-0.1, -0.05) is 0 Å².